The first kappa shape index (κ1) is 16.5. The lowest BCUT2D eigenvalue weighted by molar-refractivity contribution is -0.140. The largest absolute Gasteiger partial charge is 0.480 e. The number of benzene rings is 1. The van der Waals surface area contributed by atoms with Gasteiger partial charge in [0.05, 0.1) is 6.61 Å². The monoisotopic (exact) mass is 299 g/mol. The van der Waals surface area contributed by atoms with E-state index in [0.29, 0.717) is 10.6 Å². The molecule has 0 aliphatic heterocycles. The summed E-state index contributed by atoms with van der Waals surface area (Å²) in [6.45, 7) is 3.90. The highest BCUT2D eigenvalue weighted by atomic mass is 35.5. The number of aliphatic carboxylic acids is 1. The van der Waals surface area contributed by atoms with E-state index in [4.69, 9.17) is 21.4 Å². The van der Waals surface area contributed by atoms with E-state index in [0.717, 1.165) is 5.56 Å². The summed E-state index contributed by atoms with van der Waals surface area (Å²) in [6.07, 6.45) is 0. The Labute approximate surface area is 122 Å². The molecule has 20 heavy (non-hydrogen) atoms. The number of carbonyl (C=O) groups is 2. The first-order valence-electron chi connectivity index (χ1n) is 6.18. The Morgan fingerprint density at radius 3 is 2.50 bits per heavy atom. The second-order valence-electron chi connectivity index (χ2n) is 4.71. The number of amides is 1. The van der Waals surface area contributed by atoms with Gasteiger partial charge in [0, 0.05) is 17.7 Å². The van der Waals surface area contributed by atoms with Crippen molar-refractivity contribution in [3.63, 3.8) is 0 Å². The Kier molecular flexibility index (Phi) is 5.98. The Hall–Kier alpha value is -1.59. The zero-order valence-electron chi connectivity index (χ0n) is 11.6. The van der Waals surface area contributed by atoms with Crippen LogP contribution in [-0.4, -0.2) is 36.7 Å². The van der Waals surface area contributed by atoms with Crippen molar-refractivity contribution in [1.82, 2.24) is 5.32 Å². The summed E-state index contributed by atoms with van der Waals surface area (Å²) in [6, 6.07) is 3.85. The van der Waals surface area contributed by atoms with Gasteiger partial charge >= 0.3 is 5.97 Å². The number of methoxy groups -OCH3 is 1. The lowest BCUT2D eigenvalue weighted by atomic mass is 10.0. The standard InChI is InChI=1S/C14H18ClNO4/c1-8(2)10-5-4-9(6-11(10)15)13(17)16-12(7-20-3)14(18)19/h4-6,8,12H,7H2,1-3H3,(H,16,17)(H,18,19). The molecule has 2 N–H and O–H groups in total. The predicted molar refractivity (Wildman–Crippen MR) is 76.3 cm³/mol. The lowest BCUT2D eigenvalue weighted by Crippen LogP contribution is -2.43. The fourth-order valence-corrected chi connectivity index (χ4v) is 2.12. The van der Waals surface area contributed by atoms with Gasteiger partial charge < -0.3 is 15.2 Å². The minimum absolute atomic E-state index is 0.0983. The number of halogens is 1. The van der Waals surface area contributed by atoms with Crippen LogP contribution in [0.4, 0.5) is 0 Å². The molecule has 0 fully saturated rings. The second-order valence-corrected chi connectivity index (χ2v) is 5.12. The van der Waals surface area contributed by atoms with E-state index in [9.17, 15) is 9.59 Å². The summed E-state index contributed by atoms with van der Waals surface area (Å²) in [7, 11) is 1.37. The van der Waals surface area contributed by atoms with Crippen LogP contribution in [0.1, 0.15) is 35.7 Å². The van der Waals surface area contributed by atoms with Crippen molar-refractivity contribution in [2.75, 3.05) is 13.7 Å². The maximum absolute atomic E-state index is 12.0. The van der Waals surface area contributed by atoms with Gasteiger partial charge in [0.15, 0.2) is 6.04 Å². The minimum atomic E-state index is -1.15. The molecule has 1 aromatic rings. The molecule has 0 bridgehead atoms. The van der Waals surface area contributed by atoms with Crippen molar-refractivity contribution >= 4 is 23.5 Å². The van der Waals surface area contributed by atoms with Gasteiger partial charge in [-0.15, -0.1) is 0 Å². The maximum atomic E-state index is 12.0. The molecule has 0 radical (unpaired) electrons. The van der Waals surface area contributed by atoms with Gasteiger partial charge in [0.1, 0.15) is 0 Å². The summed E-state index contributed by atoms with van der Waals surface area (Å²) >= 11 is 6.11. The first-order chi connectivity index (χ1) is 9.36. The van der Waals surface area contributed by atoms with Gasteiger partial charge in [-0.3, -0.25) is 4.79 Å². The molecule has 0 heterocycles. The molecule has 110 valence electrons. The van der Waals surface area contributed by atoms with Crippen molar-refractivity contribution in [3.05, 3.63) is 34.3 Å². The van der Waals surface area contributed by atoms with Crippen molar-refractivity contribution in [1.29, 1.82) is 0 Å². The average Bonchev–Trinajstić information content (AvgIpc) is 2.37. The van der Waals surface area contributed by atoms with Crippen LogP contribution >= 0.6 is 11.6 Å². The Bertz CT molecular complexity index is 502. The van der Waals surface area contributed by atoms with Crippen LogP contribution in [0.3, 0.4) is 0 Å². The third-order valence-corrected chi connectivity index (χ3v) is 3.15. The highest BCUT2D eigenvalue weighted by Gasteiger charge is 2.21. The van der Waals surface area contributed by atoms with E-state index in [1.165, 1.54) is 13.2 Å². The van der Waals surface area contributed by atoms with Crippen molar-refractivity contribution < 1.29 is 19.4 Å². The molecular weight excluding hydrogens is 282 g/mol. The van der Waals surface area contributed by atoms with E-state index in [2.05, 4.69) is 5.32 Å². The van der Waals surface area contributed by atoms with Crippen LogP contribution in [0.2, 0.25) is 5.02 Å². The molecule has 0 aliphatic rings. The van der Waals surface area contributed by atoms with Crippen LogP contribution in [0.25, 0.3) is 0 Å². The van der Waals surface area contributed by atoms with Gasteiger partial charge in [-0.1, -0.05) is 31.5 Å². The van der Waals surface area contributed by atoms with E-state index in [1.807, 2.05) is 13.8 Å². The van der Waals surface area contributed by atoms with E-state index in [1.54, 1.807) is 12.1 Å². The van der Waals surface area contributed by atoms with Gasteiger partial charge in [0.2, 0.25) is 0 Å². The van der Waals surface area contributed by atoms with Crippen LogP contribution in [0.5, 0.6) is 0 Å². The molecule has 1 atom stereocenters. The number of carbonyl (C=O) groups excluding carboxylic acids is 1. The highest BCUT2D eigenvalue weighted by Crippen LogP contribution is 2.25. The first-order valence-corrected chi connectivity index (χ1v) is 6.56. The number of hydrogen-bond acceptors (Lipinski definition) is 3. The van der Waals surface area contributed by atoms with Crippen molar-refractivity contribution in [2.24, 2.45) is 0 Å². The molecule has 5 nitrogen and oxygen atoms in total. The maximum Gasteiger partial charge on any atom is 0.328 e. The molecule has 0 saturated carbocycles. The zero-order valence-corrected chi connectivity index (χ0v) is 12.4. The predicted octanol–water partition coefficient (Wildman–Crippen LogP) is 2.29. The number of hydrogen-bond donors (Lipinski definition) is 2. The topological polar surface area (TPSA) is 75.6 Å². The van der Waals surface area contributed by atoms with E-state index < -0.39 is 17.9 Å². The number of nitrogens with one attached hydrogen (secondary N) is 1. The molecule has 1 aromatic carbocycles. The quantitative estimate of drug-likeness (QED) is 0.845. The third kappa shape index (κ3) is 4.21. The van der Waals surface area contributed by atoms with Gasteiger partial charge in [-0.2, -0.15) is 0 Å². The van der Waals surface area contributed by atoms with Crippen LogP contribution in [0, 0.1) is 0 Å². The smallest absolute Gasteiger partial charge is 0.328 e. The van der Waals surface area contributed by atoms with Crippen LogP contribution < -0.4 is 5.32 Å². The summed E-state index contributed by atoms with van der Waals surface area (Å²) in [4.78, 5) is 22.9. The average molecular weight is 300 g/mol. The van der Waals surface area contributed by atoms with E-state index >= 15 is 0 Å². The number of carboxylic acids is 1. The van der Waals surface area contributed by atoms with Gasteiger partial charge in [-0.05, 0) is 23.6 Å². The van der Waals surface area contributed by atoms with Crippen LogP contribution in [-0.2, 0) is 9.53 Å². The van der Waals surface area contributed by atoms with Crippen molar-refractivity contribution in [2.45, 2.75) is 25.8 Å². The normalized spacial score (nSPS) is 12.2. The molecule has 0 aromatic heterocycles. The molecule has 1 rings (SSSR count). The molecular formula is C14H18ClNO4. The summed E-state index contributed by atoms with van der Waals surface area (Å²) in [5.74, 6) is -1.39. The fourth-order valence-electron chi connectivity index (χ4n) is 1.72. The molecule has 0 saturated heterocycles. The summed E-state index contributed by atoms with van der Waals surface area (Å²) < 4.78 is 4.75. The number of carboxylic acid groups (broad SMARTS) is 1. The minimum Gasteiger partial charge on any atom is -0.480 e. The molecule has 0 spiro atoms. The van der Waals surface area contributed by atoms with Gasteiger partial charge in [0.25, 0.3) is 5.91 Å². The third-order valence-electron chi connectivity index (χ3n) is 2.82. The highest BCUT2D eigenvalue weighted by molar-refractivity contribution is 6.31. The van der Waals surface area contributed by atoms with Gasteiger partial charge in [-0.25, -0.2) is 4.79 Å². The summed E-state index contributed by atoms with van der Waals surface area (Å²) in [5.41, 5.74) is 1.26. The van der Waals surface area contributed by atoms with Crippen LogP contribution in [0.15, 0.2) is 18.2 Å². The Balaban J connectivity index is 2.87. The Morgan fingerprint density at radius 2 is 2.05 bits per heavy atom. The van der Waals surface area contributed by atoms with E-state index in [-0.39, 0.29) is 12.5 Å². The number of ether oxygens (including phenoxy) is 1. The SMILES string of the molecule is COCC(NC(=O)c1ccc(C(C)C)c(Cl)c1)C(=O)O. The fraction of sp³-hybridized carbons (Fsp3) is 0.429. The Morgan fingerprint density at radius 1 is 1.40 bits per heavy atom. The van der Waals surface area contributed by atoms with Crippen molar-refractivity contribution in [3.8, 4) is 0 Å². The summed E-state index contributed by atoms with van der Waals surface area (Å²) in [5, 5.41) is 11.8. The molecule has 0 aliphatic carbocycles. The lowest BCUT2D eigenvalue weighted by Gasteiger charge is -2.14. The second kappa shape index (κ2) is 7.26. The molecule has 6 heteroatoms. The molecule has 1 unspecified atom stereocenters. The molecule has 1 amide bonds. The number of rotatable bonds is 6. The zero-order chi connectivity index (χ0) is 15.3.